The van der Waals surface area contributed by atoms with Gasteiger partial charge in [-0.05, 0) is 66.4 Å². The Labute approximate surface area is 224 Å². The molecule has 2 heteroatoms. The first-order valence-corrected chi connectivity index (χ1v) is 12.9. The minimum Gasteiger partial charge on any atom is -0.246 e. The van der Waals surface area contributed by atoms with Gasteiger partial charge in [-0.3, -0.25) is 0 Å². The number of aryl methyl sites for hydroxylation is 2. The summed E-state index contributed by atoms with van der Waals surface area (Å²) in [6.07, 6.45) is 0. The highest BCUT2D eigenvalue weighted by Crippen LogP contribution is 2.34. The summed E-state index contributed by atoms with van der Waals surface area (Å²) in [7, 11) is 0. The second-order valence-electron chi connectivity index (χ2n) is 9.72. The first kappa shape index (κ1) is 23.6. The Kier molecular flexibility index (Phi) is 6.37. The predicted octanol–water partition coefficient (Wildman–Crippen LogP) is 9.43. The maximum absolute atomic E-state index is 5.17. The van der Waals surface area contributed by atoms with Crippen molar-refractivity contribution in [1.82, 2.24) is 9.97 Å². The lowest BCUT2D eigenvalue weighted by molar-refractivity contribution is 1.25. The zero-order valence-corrected chi connectivity index (χ0v) is 21.6. The molecule has 182 valence electrons. The van der Waals surface area contributed by atoms with Gasteiger partial charge in [0.05, 0.1) is 22.8 Å². The van der Waals surface area contributed by atoms with E-state index in [0.717, 1.165) is 50.6 Å². The molecule has 2 nitrogen and oxygen atoms in total. The molecule has 2 heterocycles. The van der Waals surface area contributed by atoms with Crippen LogP contribution in [0.15, 0.2) is 133 Å². The first-order chi connectivity index (χ1) is 18.6. The second kappa shape index (κ2) is 10.3. The van der Waals surface area contributed by atoms with Crippen LogP contribution in [0, 0.1) is 13.8 Å². The Morgan fingerprint density at radius 3 is 1.32 bits per heavy atom. The van der Waals surface area contributed by atoms with Gasteiger partial charge in [-0.25, -0.2) is 9.97 Å². The van der Waals surface area contributed by atoms with Crippen molar-refractivity contribution in [2.24, 2.45) is 0 Å². The van der Waals surface area contributed by atoms with Crippen molar-refractivity contribution in [3.63, 3.8) is 0 Å². The molecule has 0 aliphatic carbocycles. The van der Waals surface area contributed by atoms with E-state index in [0.29, 0.717) is 0 Å². The Hall–Kier alpha value is -4.82. The highest BCUT2D eigenvalue weighted by Gasteiger charge is 2.14. The van der Waals surface area contributed by atoms with Gasteiger partial charge in [0.1, 0.15) is 0 Å². The molecule has 0 aliphatic rings. The van der Waals surface area contributed by atoms with Crippen LogP contribution in [0.2, 0.25) is 0 Å². The highest BCUT2D eigenvalue weighted by atomic mass is 14.8. The minimum absolute atomic E-state index is 0.855. The van der Waals surface area contributed by atoms with Gasteiger partial charge >= 0.3 is 0 Å². The summed E-state index contributed by atoms with van der Waals surface area (Å²) >= 11 is 0. The van der Waals surface area contributed by atoms with Crippen LogP contribution < -0.4 is 0 Å². The summed E-state index contributed by atoms with van der Waals surface area (Å²) in [5.41, 5.74) is 12.8. The normalized spacial score (nSPS) is 10.9. The zero-order valence-electron chi connectivity index (χ0n) is 21.6. The molecule has 0 amide bonds. The molecule has 0 saturated carbocycles. The van der Waals surface area contributed by atoms with E-state index in [-0.39, 0.29) is 0 Å². The summed E-state index contributed by atoms with van der Waals surface area (Å²) in [4.78, 5) is 10.3. The highest BCUT2D eigenvalue weighted by molar-refractivity contribution is 5.80. The van der Waals surface area contributed by atoms with Gasteiger partial charge in [-0.15, -0.1) is 0 Å². The van der Waals surface area contributed by atoms with Crippen LogP contribution in [0.3, 0.4) is 0 Å². The monoisotopic (exact) mass is 488 g/mol. The van der Waals surface area contributed by atoms with E-state index in [1.807, 2.05) is 12.1 Å². The maximum Gasteiger partial charge on any atom is 0.0900 e. The Balaban J connectivity index is 1.59. The largest absolute Gasteiger partial charge is 0.246 e. The van der Waals surface area contributed by atoms with Gasteiger partial charge in [0, 0.05) is 11.1 Å². The molecule has 2 aromatic heterocycles. The molecule has 0 radical (unpaired) electrons. The van der Waals surface area contributed by atoms with Crippen LogP contribution in [-0.4, -0.2) is 9.97 Å². The molecule has 0 aliphatic heterocycles. The van der Waals surface area contributed by atoms with Crippen molar-refractivity contribution < 1.29 is 0 Å². The van der Waals surface area contributed by atoms with Crippen LogP contribution >= 0.6 is 0 Å². The standard InChI is InChI=1S/C36H28N2/c1-25-11-9-17-29(19-25)32-22-34(30-18-10-12-26(2)20-30)38-36(24-32)35-23-31(27-13-5-3-6-14-27)21-33(37-35)28-15-7-4-8-16-28/h3-24H,1-2H3. The number of hydrogen-bond donors (Lipinski definition) is 0. The Morgan fingerprint density at radius 1 is 0.316 bits per heavy atom. The van der Waals surface area contributed by atoms with E-state index >= 15 is 0 Å². The van der Waals surface area contributed by atoms with Gasteiger partial charge in [0.15, 0.2) is 0 Å². The minimum atomic E-state index is 0.855. The van der Waals surface area contributed by atoms with Gasteiger partial charge < -0.3 is 0 Å². The topological polar surface area (TPSA) is 25.8 Å². The van der Waals surface area contributed by atoms with Crippen molar-refractivity contribution in [3.8, 4) is 56.2 Å². The number of nitrogens with zero attached hydrogens (tertiary/aromatic N) is 2. The molecule has 0 saturated heterocycles. The molecule has 6 rings (SSSR count). The van der Waals surface area contributed by atoms with Crippen molar-refractivity contribution >= 4 is 0 Å². The van der Waals surface area contributed by atoms with E-state index in [1.165, 1.54) is 16.7 Å². The van der Waals surface area contributed by atoms with Crippen LogP contribution in [0.25, 0.3) is 56.2 Å². The van der Waals surface area contributed by atoms with Crippen molar-refractivity contribution in [1.29, 1.82) is 0 Å². The number of rotatable bonds is 5. The fourth-order valence-electron chi connectivity index (χ4n) is 4.82. The van der Waals surface area contributed by atoms with E-state index in [9.17, 15) is 0 Å². The van der Waals surface area contributed by atoms with Crippen LogP contribution in [0.4, 0.5) is 0 Å². The molecule has 0 unspecified atom stereocenters. The summed E-state index contributed by atoms with van der Waals surface area (Å²) in [6.45, 7) is 4.25. The fourth-order valence-corrected chi connectivity index (χ4v) is 4.82. The van der Waals surface area contributed by atoms with Crippen molar-refractivity contribution in [2.45, 2.75) is 13.8 Å². The molecule has 4 aromatic carbocycles. The van der Waals surface area contributed by atoms with E-state index in [2.05, 4.69) is 135 Å². The number of aromatic nitrogens is 2. The second-order valence-corrected chi connectivity index (χ2v) is 9.72. The van der Waals surface area contributed by atoms with Crippen molar-refractivity contribution in [3.05, 3.63) is 145 Å². The summed E-state index contributed by atoms with van der Waals surface area (Å²) in [5, 5.41) is 0. The average molecular weight is 489 g/mol. The smallest absolute Gasteiger partial charge is 0.0900 e. The molecular weight excluding hydrogens is 460 g/mol. The number of hydrogen-bond acceptors (Lipinski definition) is 2. The quantitative estimate of drug-likeness (QED) is 0.241. The Morgan fingerprint density at radius 2 is 0.737 bits per heavy atom. The third-order valence-corrected chi connectivity index (χ3v) is 6.76. The van der Waals surface area contributed by atoms with E-state index in [1.54, 1.807) is 0 Å². The number of pyridine rings is 2. The predicted molar refractivity (Wildman–Crippen MR) is 159 cm³/mol. The van der Waals surface area contributed by atoms with Gasteiger partial charge in [-0.2, -0.15) is 0 Å². The molecule has 0 fully saturated rings. The SMILES string of the molecule is Cc1cccc(-c2cc(-c3cccc(C)c3)nc(-c3cc(-c4ccccc4)cc(-c4ccccc4)n3)c2)c1. The lowest BCUT2D eigenvalue weighted by Crippen LogP contribution is -1.96. The third-order valence-electron chi connectivity index (χ3n) is 6.76. The maximum atomic E-state index is 5.17. The Bertz CT molecular complexity index is 1600. The van der Waals surface area contributed by atoms with Crippen molar-refractivity contribution in [2.75, 3.05) is 0 Å². The fraction of sp³-hybridized carbons (Fsp3) is 0.0556. The summed E-state index contributed by atoms with van der Waals surface area (Å²) in [6, 6.07) is 46.7. The van der Waals surface area contributed by atoms with Gasteiger partial charge in [-0.1, -0.05) is 114 Å². The van der Waals surface area contributed by atoms with E-state index < -0.39 is 0 Å². The van der Waals surface area contributed by atoms with Crippen LogP contribution in [0.5, 0.6) is 0 Å². The van der Waals surface area contributed by atoms with Gasteiger partial charge in [0.2, 0.25) is 0 Å². The zero-order chi connectivity index (χ0) is 25.9. The molecular formula is C36H28N2. The molecule has 0 N–H and O–H groups in total. The third kappa shape index (κ3) is 5.02. The van der Waals surface area contributed by atoms with Gasteiger partial charge in [0.25, 0.3) is 0 Å². The molecule has 6 aromatic rings. The molecule has 0 atom stereocenters. The first-order valence-electron chi connectivity index (χ1n) is 12.9. The van der Waals surface area contributed by atoms with E-state index in [4.69, 9.17) is 9.97 Å². The summed E-state index contributed by atoms with van der Waals surface area (Å²) < 4.78 is 0. The number of benzene rings is 4. The average Bonchev–Trinajstić information content (AvgIpc) is 2.97. The lowest BCUT2D eigenvalue weighted by Gasteiger charge is -2.13. The molecule has 0 spiro atoms. The van der Waals surface area contributed by atoms with Crippen LogP contribution in [0.1, 0.15) is 11.1 Å². The molecule has 0 bridgehead atoms. The van der Waals surface area contributed by atoms with Crippen LogP contribution in [-0.2, 0) is 0 Å². The molecule has 38 heavy (non-hydrogen) atoms. The summed E-state index contributed by atoms with van der Waals surface area (Å²) in [5.74, 6) is 0. The lowest BCUT2D eigenvalue weighted by atomic mass is 9.98.